The molecule has 0 saturated carbocycles. The van der Waals surface area contributed by atoms with Crippen LogP contribution in [0.3, 0.4) is 0 Å². The molecule has 21 heavy (non-hydrogen) atoms. The van der Waals surface area contributed by atoms with Gasteiger partial charge in [0.05, 0.1) is 11.3 Å². The summed E-state index contributed by atoms with van der Waals surface area (Å²) >= 11 is 3.37. The highest BCUT2D eigenvalue weighted by atomic mass is 79.9. The molecular formula is C15H13BrN2O3. The topological polar surface area (TPSA) is 78.4 Å². The van der Waals surface area contributed by atoms with Crippen LogP contribution in [0.1, 0.15) is 15.9 Å². The summed E-state index contributed by atoms with van der Waals surface area (Å²) in [7, 11) is 0. The molecule has 0 heterocycles. The maximum absolute atomic E-state index is 11.9. The SMILES string of the molecule is Cc1ccc(NC(=O)Nc2cccc(C(=O)O)c2)c(Br)c1. The number of halogens is 1. The number of anilines is 2. The number of aryl methyl sites for hydroxylation is 1. The molecule has 5 nitrogen and oxygen atoms in total. The summed E-state index contributed by atoms with van der Waals surface area (Å²) in [5, 5.41) is 14.2. The minimum Gasteiger partial charge on any atom is -0.478 e. The second-order valence-electron chi connectivity index (χ2n) is 4.45. The minimum atomic E-state index is -1.04. The number of hydrogen-bond acceptors (Lipinski definition) is 2. The summed E-state index contributed by atoms with van der Waals surface area (Å²) in [6, 6.07) is 11.2. The van der Waals surface area contributed by atoms with Gasteiger partial charge in [0.15, 0.2) is 0 Å². The summed E-state index contributed by atoms with van der Waals surface area (Å²) in [6.45, 7) is 1.95. The molecule has 0 aliphatic heterocycles. The van der Waals surface area contributed by atoms with Crippen molar-refractivity contribution in [1.29, 1.82) is 0 Å². The summed E-state index contributed by atoms with van der Waals surface area (Å²) in [4.78, 5) is 22.8. The van der Waals surface area contributed by atoms with E-state index in [9.17, 15) is 9.59 Å². The van der Waals surface area contributed by atoms with Gasteiger partial charge in [-0.15, -0.1) is 0 Å². The second-order valence-corrected chi connectivity index (χ2v) is 5.30. The maximum atomic E-state index is 11.9. The Bertz CT molecular complexity index is 701. The van der Waals surface area contributed by atoms with Gasteiger partial charge in [0.2, 0.25) is 0 Å². The molecule has 2 aromatic rings. The van der Waals surface area contributed by atoms with Crippen molar-refractivity contribution in [1.82, 2.24) is 0 Å². The van der Waals surface area contributed by atoms with Crippen LogP contribution in [0, 0.1) is 6.92 Å². The van der Waals surface area contributed by atoms with Crippen molar-refractivity contribution >= 4 is 39.3 Å². The van der Waals surface area contributed by atoms with Crippen molar-refractivity contribution in [3.8, 4) is 0 Å². The largest absolute Gasteiger partial charge is 0.478 e. The molecule has 6 heteroatoms. The van der Waals surface area contributed by atoms with E-state index in [4.69, 9.17) is 5.11 Å². The highest BCUT2D eigenvalue weighted by Crippen LogP contribution is 2.23. The molecule has 3 N–H and O–H groups in total. The Labute approximate surface area is 130 Å². The van der Waals surface area contributed by atoms with Gasteiger partial charge in [-0.25, -0.2) is 9.59 Å². The van der Waals surface area contributed by atoms with Crippen molar-refractivity contribution in [3.63, 3.8) is 0 Å². The van der Waals surface area contributed by atoms with E-state index >= 15 is 0 Å². The summed E-state index contributed by atoms with van der Waals surface area (Å²) in [6.07, 6.45) is 0. The number of amides is 2. The van der Waals surface area contributed by atoms with E-state index in [2.05, 4.69) is 26.6 Å². The van der Waals surface area contributed by atoms with Gasteiger partial charge in [0.1, 0.15) is 0 Å². The fourth-order valence-electron chi connectivity index (χ4n) is 1.74. The normalized spacial score (nSPS) is 10.0. The lowest BCUT2D eigenvalue weighted by atomic mass is 10.2. The van der Waals surface area contributed by atoms with E-state index in [1.165, 1.54) is 12.1 Å². The van der Waals surface area contributed by atoms with E-state index < -0.39 is 12.0 Å². The van der Waals surface area contributed by atoms with E-state index in [1.54, 1.807) is 18.2 Å². The standard InChI is InChI=1S/C15H13BrN2O3/c1-9-5-6-13(12(16)7-9)18-15(21)17-11-4-2-3-10(8-11)14(19)20/h2-8H,1H3,(H,19,20)(H2,17,18,21). The van der Waals surface area contributed by atoms with Crippen LogP contribution in [-0.2, 0) is 0 Å². The molecule has 0 saturated heterocycles. The molecule has 108 valence electrons. The molecule has 2 amide bonds. The van der Waals surface area contributed by atoms with Gasteiger partial charge >= 0.3 is 12.0 Å². The molecule has 0 radical (unpaired) electrons. The number of urea groups is 1. The van der Waals surface area contributed by atoms with Gasteiger partial charge in [-0.2, -0.15) is 0 Å². The number of aromatic carboxylic acids is 1. The molecule has 0 aliphatic rings. The van der Waals surface area contributed by atoms with Crippen LogP contribution in [0.2, 0.25) is 0 Å². The fourth-order valence-corrected chi connectivity index (χ4v) is 2.33. The van der Waals surface area contributed by atoms with E-state index in [-0.39, 0.29) is 5.56 Å². The van der Waals surface area contributed by atoms with Gasteiger partial charge in [-0.1, -0.05) is 12.1 Å². The number of nitrogens with one attached hydrogen (secondary N) is 2. The van der Waals surface area contributed by atoms with Crippen molar-refractivity contribution < 1.29 is 14.7 Å². The molecule has 2 rings (SSSR count). The Morgan fingerprint density at radius 2 is 1.86 bits per heavy atom. The van der Waals surface area contributed by atoms with Crippen LogP contribution < -0.4 is 10.6 Å². The van der Waals surface area contributed by atoms with Gasteiger partial charge < -0.3 is 15.7 Å². The van der Waals surface area contributed by atoms with Crippen molar-refractivity contribution in [2.75, 3.05) is 10.6 Å². The fraction of sp³-hybridized carbons (Fsp3) is 0.0667. The van der Waals surface area contributed by atoms with Crippen LogP contribution in [0.25, 0.3) is 0 Å². The molecule has 0 aliphatic carbocycles. The molecule has 0 spiro atoms. The Morgan fingerprint density at radius 3 is 2.52 bits per heavy atom. The minimum absolute atomic E-state index is 0.115. The monoisotopic (exact) mass is 348 g/mol. The summed E-state index contributed by atoms with van der Waals surface area (Å²) in [5.74, 6) is -1.04. The molecule has 0 fully saturated rings. The number of rotatable bonds is 3. The Hall–Kier alpha value is -2.34. The molecule has 0 atom stereocenters. The summed E-state index contributed by atoms with van der Waals surface area (Å²) < 4.78 is 0.775. The first-order valence-corrected chi connectivity index (χ1v) is 6.92. The quantitative estimate of drug-likeness (QED) is 0.781. The first kappa shape index (κ1) is 15.1. The number of benzene rings is 2. The van der Waals surface area contributed by atoms with Gasteiger partial charge in [0.25, 0.3) is 0 Å². The molecule has 0 unspecified atom stereocenters. The highest BCUT2D eigenvalue weighted by Gasteiger charge is 2.08. The van der Waals surface area contributed by atoms with Crippen molar-refractivity contribution in [2.45, 2.75) is 6.92 Å². The number of hydrogen-bond donors (Lipinski definition) is 3. The summed E-state index contributed by atoms with van der Waals surface area (Å²) in [5.41, 5.74) is 2.23. The highest BCUT2D eigenvalue weighted by molar-refractivity contribution is 9.10. The molecular weight excluding hydrogens is 336 g/mol. The molecule has 0 aromatic heterocycles. The smallest absolute Gasteiger partial charge is 0.335 e. The predicted octanol–water partition coefficient (Wildman–Crippen LogP) is 4.10. The Balaban J connectivity index is 2.08. The zero-order valence-electron chi connectivity index (χ0n) is 11.2. The van der Waals surface area contributed by atoms with Crippen LogP contribution in [0.4, 0.5) is 16.2 Å². The first-order chi connectivity index (χ1) is 9.95. The van der Waals surface area contributed by atoms with Crippen molar-refractivity contribution in [3.05, 3.63) is 58.1 Å². The third-order valence-corrected chi connectivity index (χ3v) is 3.40. The second kappa shape index (κ2) is 6.41. The maximum Gasteiger partial charge on any atom is 0.335 e. The van der Waals surface area contributed by atoms with Crippen LogP contribution in [0.5, 0.6) is 0 Å². The third kappa shape index (κ3) is 4.06. The average Bonchev–Trinajstić information content (AvgIpc) is 2.42. The lowest BCUT2D eigenvalue weighted by Crippen LogP contribution is -2.19. The molecule has 2 aromatic carbocycles. The van der Waals surface area contributed by atoms with Crippen molar-refractivity contribution in [2.24, 2.45) is 0 Å². The lowest BCUT2D eigenvalue weighted by Gasteiger charge is -2.10. The zero-order valence-corrected chi connectivity index (χ0v) is 12.8. The molecule has 0 bridgehead atoms. The number of carboxylic acids is 1. The van der Waals surface area contributed by atoms with E-state index in [0.717, 1.165) is 10.0 Å². The van der Waals surface area contributed by atoms with Crippen LogP contribution >= 0.6 is 15.9 Å². The third-order valence-electron chi connectivity index (χ3n) is 2.74. The number of carbonyl (C=O) groups is 2. The Kier molecular flexibility index (Phi) is 4.59. The van der Waals surface area contributed by atoms with Crippen LogP contribution in [0.15, 0.2) is 46.9 Å². The van der Waals surface area contributed by atoms with Crippen LogP contribution in [-0.4, -0.2) is 17.1 Å². The zero-order chi connectivity index (χ0) is 15.4. The van der Waals surface area contributed by atoms with E-state index in [1.807, 2.05) is 19.1 Å². The predicted molar refractivity (Wildman–Crippen MR) is 84.9 cm³/mol. The Morgan fingerprint density at radius 1 is 1.10 bits per heavy atom. The van der Waals surface area contributed by atoms with Gasteiger partial charge in [0, 0.05) is 10.2 Å². The lowest BCUT2D eigenvalue weighted by molar-refractivity contribution is 0.0697. The first-order valence-electron chi connectivity index (χ1n) is 6.13. The number of carbonyl (C=O) groups excluding carboxylic acids is 1. The average molecular weight is 349 g/mol. The van der Waals surface area contributed by atoms with Gasteiger partial charge in [-0.3, -0.25) is 0 Å². The number of carboxylic acid groups (broad SMARTS) is 1. The van der Waals surface area contributed by atoms with E-state index in [0.29, 0.717) is 11.4 Å². The van der Waals surface area contributed by atoms with Gasteiger partial charge in [-0.05, 0) is 58.7 Å².